The number of nitrogens with two attached hydrogens (primary N) is 1. The fraction of sp³-hybridized carbons (Fsp3) is 0.167. The third-order valence-electron chi connectivity index (χ3n) is 3.75. The number of hydrogen-bond acceptors (Lipinski definition) is 2. The van der Waals surface area contributed by atoms with Gasteiger partial charge in [0.05, 0.1) is 0 Å². The summed E-state index contributed by atoms with van der Waals surface area (Å²) in [5.74, 6) is -0.416. The molecule has 0 aliphatic heterocycles. The molecule has 0 atom stereocenters. The van der Waals surface area contributed by atoms with Crippen molar-refractivity contribution in [3.63, 3.8) is 0 Å². The van der Waals surface area contributed by atoms with Crippen molar-refractivity contribution in [1.29, 1.82) is 0 Å². The van der Waals surface area contributed by atoms with Gasteiger partial charge in [0.2, 0.25) is 0 Å². The van der Waals surface area contributed by atoms with Gasteiger partial charge in [-0.15, -0.1) is 0 Å². The van der Waals surface area contributed by atoms with Gasteiger partial charge in [-0.05, 0) is 48.6 Å². The number of halogens is 1. The first-order chi connectivity index (χ1) is 10.3. The van der Waals surface area contributed by atoms with Gasteiger partial charge in [-0.25, -0.2) is 4.39 Å². The molecule has 22 heavy (non-hydrogen) atoms. The van der Waals surface area contributed by atoms with Gasteiger partial charge in [0.1, 0.15) is 5.82 Å². The van der Waals surface area contributed by atoms with Crippen LogP contribution in [0.4, 0.5) is 4.39 Å². The van der Waals surface area contributed by atoms with Crippen molar-refractivity contribution in [1.82, 2.24) is 4.98 Å². The highest BCUT2D eigenvalue weighted by Crippen LogP contribution is 2.23. The Labute approximate surface area is 127 Å². The quantitative estimate of drug-likeness (QED) is 0.760. The van der Waals surface area contributed by atoms with Gasteiger partial charge in [0.25, 0.3) is 5.56 Å². The average Bonchev–Trinajstić information content (AvgIpc) is 2.47. The lowest BCUT2D eigenvalue weighted by Crippen LogP contribution is -2.28. The second kappa shape index (κ2) is 5.07. The molecule has 0 saturated carbocycles. The third-order valence-corrected chi connectivity index (χ3v) is 3.75. The molecule has 3 nitrogen and oxygen atoms in total. The highest BCUT2D eigenvalue weighted by atomic mass is 19.1. The molecule has 112 valence electrons. The van der Waals surface area contributed by atoms with E-state index in [-0.39, 0.29) is 5.56 Å². The molecule has 3 aromatic rings. The minimum absolute atomic E-state index is 0.296. The molecule has 0 aliphatic rings. The second-order valence-corrected chi connectivity index (χ2v) is 6.04. The molecule has 4 heteroatoms. The summed E-state index contributed by atoms with van der Waals surface area (Å²) in [6.45, 7) is 3.88. The summed E-state index contributed by atoms with van der Waals surface area (Å²) in [4.78, 5) is 14.9. The summed E-state index contributed by atoms with van der Waals surface area (Å²) in [5, 5.41) is 1.06. The van der Waals surface area contributed by atoms with Crippen LogP contribution in [0, 0.1) is 5.82 Å². The first kappa shape index (κ1) is 14.5. The molecular formula is C18H17FN2O. The van der Waals surface area contributed by atoms with E-state index in [1.165, 1.54) is 12.1 Å². The molecular weight excluding hydrogens is 279 g/mol. The van der Waals surface area contributed by atoms with Crippen molar-refractivity contribution in [2.24, 2.45) is 5.73 Å². The molecule has 0 amide bonds. The first-order valence-corrected chi connectivity index (χ1v) is 7.07. The van der Waals surface area contributed by atoms with Gasteiger partial charge in [0.15, 0.2) is 0 Å². The van der Waals surface area contributed by atoms with Crippen LogP contribution in [0.2, 0.25) is 0 Å². The maximum Gasteiger partial charge on any atom is 0.256 e. The van der Waals surface area contributed by atoms with Crippen LogP contribution in [0.3, 0.4) is 0 Å². The standard InChI is InChI=1S/C18H17FN2O/c1-18(2,20)13-6-3-11(4-7-13)16-9-12-5-8-14(19)10-15(12)17(22)21-16/h3-10H,20H2,1-2H3,(H,21,22). The van der Waals surface area contributed by atoms with Gasteiger partial charge in [-0.1, -0.05) is 30.3 Å². The summed E-state index contributed by atoms with van der Waals surface area (Å²) in [5.41, 5.74) is 7.96. The topological polar surface area (TPSA) is 58.9 Å². The van der Waals surface area contributed by atoms with Crippen LogP contribution in [-0.4, -0.2) is 4.98 Å². The van der Waals surface area contributed by atoms with Gasteiger partial charge < -0.3 is 10.7 Å². The Kier molecular flexibility index (Phi) is 3.34. The third kappa shape index (κ3) is 2.65. The molecule has 0 spiro atoms. The van der Waals surface area contributed by atoms with Crippen LogP contribution in [0.5, 0.6) is 0 Å². The van der Waals surface area contributed by atoms with E-state index in [1.807, 2.05) is 44.2 Å². The van der Waals surface area contributed by atoms with Crippen LogP contribution in [-0.2, 0) is 5.54 Å². The van der Waals surface area contributed by atoms with Crippen molar-refractivity contribution in [3.05, 3.63) is 70.3 Å². The minimum atomic E-state index is -0.416. The van der Waals surface area contributed by atoms with E-state index < -0.39 is 11.4 Å². The molecule has 0 unspecified atom stereocenters. The smallest absolute Gasteiger partial charge is 0.256 e. The summed E-state index contributed by atoms with van der Waals surface area (Å²) in [6, 6.07) is 13.8. The maximum absolute atomic E-state index is 13.2. The molecule has 0 bridgehead atoms. The first-order valence-electron chi connectivity index (χ1n) is 7.07. The Morgan fingerprint density at radius 2 is 1.73 bits per heavy atom. The number of benzene rings is 2. The number of fused-ring (bicyclic) bond motifs is 1. The molecule has 0 fully saturated rings. The van der Waals surface area contributed by atoms with Crippen molar-refractivity contribution < 1.29 is 4.39 Å². The minimum Gasteiger partial charge on any atom is -0.322 e. The number of pyridine rings is 1. The van der Waals surface area contributed by atoms with Gasteiger partial charge in [0, 0.05) is 16.6 Å². The molecule has 1 aromatic heterocycles. The zero-order chi connectivity index (χ0) is 15.9. The summed E-state index contributed by atoms with van der Waals surface area (Å²) < 4.78 is 13.2. The Morgan fingerprint density at radius 1 is 1.05 bits per heavy atom. The van der Waals surface area contributed by atoms with E-state index in [0.717, 1.165) is 11.1 Å². The Bertz CT molecular complexity index is 890. The van der Waals surface area contributed by atoms with E-state index in [9.17, 15) is 9.18 Å². The molecule has 0 aliphatic carbocycles. The van der Waals surface area contributed by atoms with Crippen LogP contribution in [0.25, 0.3) is 22.0 Å². The van der Waals surface area contributed by atoms with Crippen molar-refractivity contribution in [2.45, 2.75) is 19.4 Å². The van der Waals surface area contributed by atoms with Crippen LogP contribution >= 0.6 is 0 Å². The number of aromatic nitrogens is 1. The molecule has 3 rings (SSSR count). The predicted molar refractivity (Wildman–Crippen MR) is 87.2 cm³/mol. The number of H-pyrrole nitrogens is 1. The fourth-order valence-electron chi connectivity index (χ4n) is 2.47. The molecule has 2 aromatic carbocycles. The van der Waals surface area contributed by atoms with Crippen LogP contribution in [0.15, 0.2) is 53.3 Å². The Balaban J connectivity index is 2.11. The molecule has 1 heterocycles. The van der Waals surface area contributed by atoms with Crippen LogP contribution < -0.4 is 11.3 Å². The average molecular weight is 296 g/mol. The lowest BCUT2D eigenvalue weighted by atomic mass is 9.94. The van der Waals surface area contributed by atoms with Gasteiger partial charge in [-0.2, -0.15) is 0 Å². The lowest BCUT2D eigenvalue weighted by Gasteiger charge is -2.19. The maximum atomic E-state index is 13.2. The normalized spacial score (nSPS) is 11.8. The highest BCUT2D eigenvalue weighted by Gasteiger charge is 2.14. The van der Waals surface area contributed by atoms with Crippen LogP contribution in [0.1, 0.15) is 19.4 Å². The number of aromatic amines is 1. The number of hydrogen-bond donors (Lipinski definition) is 2. The van der Waals surface area contributed by atoms with E-state index in [0.29, 0.717) is 16.5 Å². The zero-order valence-corrected chi connectivity index (χ0v) is 12.5. The van der Waals surface area contributed by atoms with E-state index in [4.69, 9.17) is 5.73 Å². The van der Waals surface area contributed by atoms with Gasteiger partial charge in [-0.3, -0.25) is 4.79 Å². The van der Waals surface area contributed by atoms with E-state index in [2.05, 4.69) is 4.98 Å². The Hall–Kier alpha value is -2.46. The molecule has 0 saturated heterocycles. The highest BCUT2D eigenvalue weighted by molar-refractivity contribution is 5.85. The van der Waals surface area contributed by atoms with Crippen molar-refractivity contribution in [2.75, 3.05) is 0 Å². The summed E-state index contributed by atoms with van der Waals surface area (Å²) in [7, 11) is 0. The van der Waals surface area contributed by atoms with Gasteiger partial charge >= 0.3 is 0 Å². The fourth-order valence-corrected chi connectivity index (χ4v) is 2.47. The number of nitrogens with one attached hydrogen (secondary N) is 1. The second-order valence-electron chi connectivity index (χ2n) is 6.04. The van der Waals surface area contributed by atoms with Crippen molar-refractivity contribution >= 4 is 10.8 Å². The van der Waals surface area contributed by atoms with E-state index >= 15 is 0 Å². The Morgan fingerprint density at radius 3 is 2.36 bits per heavy atom. The monoisotopic (exact) mass is 296 g/mol. The SMILES string of the molecule is CC(C)(N)c1ccc(-c2cc3ccc(F)cc3c(=O)[nH]2)cc1. The molecule has 3 N–H and O–H groups in total. The zero-order valence-electron chi connectivity index (χ0n) is 12.5. The summed E-state index contributed by atoms with van der Waals surface area (Å²) >= 11 is 0. The largest absolute Gasteiger partial charge is 0.322 e. The number of rotatable bonds is 2. The predicted octanol–water partition coefficient (Wildman–Crippen LogP) is 3.53. The van der Waals surface area contributed by atoms with Crippen molar-refractivity contribution in [3.8, 4) is 11.3 Å². The summed E-state index contributed by atoms with van der Waals surface area (Å²) in [6.07, 6.45) is 0. The van der Waals surface area contributed by atoms with E-state index in [1.54, 1.807) is 6.07 Å². The lowest BCUT2D eigenvalue weighted by molar-refractivity contribution is 0.554. The molecule has 0 radical (unpaired) electrons.